The van der Waals surface area contributed by atoms with Gasteiger partial charge in [0.2, 0.25) is 15.9 Å². The Bertz CT molecular complexity index is 943. The Labute approximate surface area is 165 Å². The summed E-state index contributed by atoms with van der Waals surface area (Å²) in [4.78, 5) is 14.2. The Hall–Kier alpha value is -2.29. The maximum atomic E-state index is 13.7. The molecule has 0 bridgehead atoms. The highest BCUT2D eigenvalue weighted by molar-refractivity contribution is 7.89. The predicted octanol–water partition coefficient (Wildman–Crippen LogP) is 2.68. The molecule has 0 saturated carbocycles. The van der Waals surface area contributed by atoms with Gasteiger partial charge in [-0.25, -0.2) is 12.8 Å². The number of carbonyl (C=O) groups is 1. The number of likely N-dealkylation sites (N-methyl/N-ethyl adjacent to an activating group) is 1. The van der Waals surface area contributed by atoms with Gasteiger partial charge >= 0.3 is 0 Å². The van der Waals surface area contributed by atoms with Gasteiger partial charge in [-0.2, -0.15) is 4.31 Å². The Morgan fingerprint density at radius 2 is 1.86 bits per heavy atom. The molecular formula is C20H24FN3O3S. The summed E-state index contributed by atoms with van der Waals surface area (Å²) in [5, 5.41) is 2.72. The maximum absolute atomic E-state index is 13.7. The number of anilines is 1. The maximum Gasteiger partial charge on any atom is 0.243 e. The molecule has 1 fully saturated rings. The summed E-state index contributed by atoms with van der Waals surface area (Å²) in [5.74, 6) is -0.607. The second-order valence-electron chi connectivity index (χ2n) is 6.95. The molecule has 1 N–H and O–H groups in total. The number of amides is 1. The van der Waals surface area contributed by atoms with Gasteiger partial charge in [0, 0.05) is 30.9 Å². The number of benzene rings is 2. The van der Waals surface area contributed by atoms with Crippen LogP contribution >= 0.6 is 0 Å². The SMILES string of the molecule is CN(CC(=O)Nc1cccc(S(=O)(=O)N2CCCC2)c1)Cc1ccccc1F. The minimum Gasteiger partial charge on any atom is -0.325 e. The van der Waals surface area contributed by atoms with Crippen molar-refractivity contribution < 1.29 is 17.6 Å². The van der Waals surface area contributed by atoms with Crippen LogP contribution in [-0.4, -0.2) is 50.2 Å². The van der Waals surface area contributed by atoms with E-state index in [0.717, 1.165) is 12.8 Å². The third kappa shape index (κ3) is 4.95. The summed E-state index contributed by atoms with van der Waals surface area (Å²) in [5.41, 5.74) is 0.932. The number of halogens is 1. The van der Waals surface area contributed by atoms with Crippen molar-refractivity contribution in [3.05, 3.63) is 59.9 Å². The molecule has 150 valence electrons. The molecule has 2 aromatic carbocycles. The van der Waals surface area contributed by atoms with Crippen LogP contribution in [0, 0.1) is 5.82 Å². The van der Waals surface area contributed by atoms with E-state index in [0.29, 0.717) is 30.9 Å². The molecule has 8 heteroatoms. The first-order valence-corrected chi connectivity index (χ1v) is 10.6. The van der Waals surface area contributed by atoms with E-state index >= 15 is 0 Å². The molecule has 0 radical (unpaired) electrons. The highest BCUT2D eigenvalue weighted by Crippen LogP contribution is 2.23. The summed E-state index contributed by atoms with van der Waals surface area (Å²) in [6.07, 6.45) is 1.73. The van der Waals surface area contributed by atoms with Crippen molar-refractivity contribution in [3.8, 4) is 0 Å². The van der Waals surface area contributed by atoms with Gasteiger partial charge in [-0.15, -0.1) is 0 Å². The van der Waals surface area contributed by atoms with Crippen LogP contribution in [0.3, 0.4) is 0 Å². The molecule has 1 aliphatic rings. The standard InChI is InChI=1S/C20H24FN3O3S/c1-23(14-16-7-2-3-10-19(16)21)15-20(25)22-17-8-6-9-18(13-17)28(26,27)24-11-4-5-12-24/h2-3,6-10,13H,4-5,11-12,14-15H2,1H3,(H,22,25). The van der Waals surface area contributed by atoms with Gasteiger partial charge in [0.05, 0.1) is 11.4 Å². The number of nitrogens with zero attached hydrogens (tertiary/aromatic N) is 2. The fraction of sp³-hybridized carbons (Fsp3) is 0.350. The van der Waals surface area contributed by atoms with Gasteiger partial charge in [0.25, 0.3) is 0 Å². The van der Waals surface area contributed by atoms with Gasteiger partial charge < -0.3 is 5.32 Å². The van der Waals surface area contributed by atoms with E-state index in [1.54, 1.807) is 42.3 Å². The largest absolute Gasteiger partial charge is 0.325 e. The minimum absolute atomic E-state index is 0.0530. The monoisotopic (exact) mass is 405 g/mol. The fourth-order valence-electron chi connectivity index (χ4n) is 3.23. The van der Waals surface area contributed by atoms with Crippen LogP contribution in [0.4, 0.5) is 10.1 Å². The molecule has 0 aromatic heterocycles. The highest BCUT2D eigenvalue weighted by Gasteiger charge is 2.27. The van der Waals surface area contributed by atoms with E-state index in [9.17, 15) is 17.6 Å². The van der Waals surface area contributed by atoms with Gasteiger partial charge in [-0.1, -0.05) is 24.3 Å². The lowest BCUT2D eigenvalue weighted by Crippen LogP contribution is -2.30. The highest BCUT2D eigenvalue weighted by atomic mass is 32.2. The molecule has 6 nitrogen and oxygen atoms in total. The fourth-order valence-corrected chi connectivity index (χ4v) is 4.79. The first-order valence-electron chi connectivity index (χ1n) is 9.18. The number of hydrogen-bond acceptors (Lipinski definition) is 4. The normalized spacial score (nSPS) is 15.1. The van der Waals surface area contributed by atoms with Gasteiger partial charge in [0.1, 0.15) is 5.82 Å². The molecule has 1 saturated heterocycles. The zero-order valence-corrected chi connectivity index (χ0v) is 16.6. The first kappa shape index (κ1) is 20.4. The van der Waals surface area contributed by atoms with Crippen molar-refractivity contribution in [3.63, 3.8) is 0 Å². The Morgan fingerprint density at radius 1 is 1.14 bits per heavy atom. The van der Waals surface area contributed by atoms with Crippen molar-refractivity contribution in [1.29, 1.82) is 0 Å². The van der Waals surface area contributed by atoms with E-state index in [1.165, 1.54) is 22.5 Å². The van der Waals surface area contributed by atoms with Crippen LogP contribution in [0.5, 0.6) is 0 Å². The molecule has 3 rings (SSSR count). The number of hydrogen-bond donors (Lipinski definition) is 1. The lowest BCUT2D eigenvalue weighted by molar-refractivity contribution is -0.117. The zero-order chi connectivity index (χ0) is 20.1. The van der Waals surface area contributed by atoms with Gasteiger partial charge in [0.15, 0.2) is 0 Å². The van der Waals surface area contributed by atoms with E-state index in [-0.39, 0.29) is 23.2 Å². The number of sulfonamides is 1. The van der Waals surface area contributed by atoms with E-state index < -0.39 is 10.0 Å². The molecule has 0 unspecified atom stereocenters. The zero-order valence-electron chi connectivity index (χ0n) is 15.8. The van der Waals surface area contributed by atoms with Crippen LogP contribution in [0.2, 0.25) is 0 Å². The lowest BCUT2D eigenvalue weighted by atomic mass is 10.2. The second kappa shape index (κ2) is 8.81. The average Bonchev–Trinajstić information content (AvgIpc) is 3.19. The number of nitrogens with one attached hydrogen (secondary N) is 1. The molecule has 1 aliphatic heterocycles. The summed E-state index contributed by atoms with van der Waals surface area (Å²) in [6, 6.07) is 12.7. The molecule has 0 aliphatic carbocycles. The van der Waals surface area contributed by atoms with Crippen molar-refractivity contribution in [1.82, 2.24) is 9.21 Å². The molecule has 28 heavy (non-hydrogen) atoms. The Kier molecular flexibility index (Phi) is 6.43. The predicted molar refractivity (Wildman–Crippen MR) is 106 cm³/mol. The third-order valence-corrected chi connectivity index (χ3v) is 6.53. The molecular weight excluding hydrogens is 381 g/mol. The number of carbonyl (C=O) groups excluding carboxylic acids is 1. The molecule has 0 atom stereocenters. The van der Waals surface area contributed by atoms with Crippen LogP contribution in [0.1, 0.15) is 18.4 Å². The van der Waals surface area contributed by atoms with Gasteiger partial charge in [-0.05, 0) is 44.2 Å². The quantitative estimate of drug-likeness (QED) is 0.769. The molecule has 1 amide bonds. The second-order valence-corrected chi connectivity index (χ2v) is 8.89. The van der Waals surface area contributed by atoms with Crippen LogP contribution in [-0.2, 0) is 21.4 Å². The van der Waals surface area contributed by atoms with Crippen molar-refractivity contribution in [2.45, 2.75) is 24.3 Å². The molecule has 1 heterocycles. The first-order chi connectivity index (χ1) is 13.4. The third-order valence-electron chi connectivity index (χ3n) is 4.63. The molecule has 0 spiro atoms. The summed E-state index contributed by atoms with van der Waals surface area (Å²) in [7, 11) is -1.81. The summed E-state index contributed by atoms with van der Waals surface area (Å²) < 4.78 is 40.5. The Morgan fingerprint density at radius 3 is 2.57 bits per heavy atom. The summed E-state index contributed by atoms with van der Waals surface area (Å²) in [6.45, 7) is 1.40. The summed E-state index contributed by atoms with van der Waals surface area (Å²) >= 11 is 0. The Balaban J connectivity index is 1.62. The van der Waals surface area contributed by atoms with Crippen molar-refractivity contribution in [2.75, 3.05) is 32.0 Å². The molecule has 2 aromatic rings. The van der Waals surface area contributed by atoms with E-state index in [1.807, 2.05) is 0 Å². The average molecular weight is 405 g/mol. The smallest absolute Gasteiger partial charge is 0.243 e. The number of rotatable bonds is 7. The van der Waals surface area contributed by atoms with Crippen LogP contribution in [0.25, 0.3) is 0 Å². The lowest BCUT2D eigenvalue weighted by Gasteiger charge is -2.18. The van der Waals surface area contributed by atoms with E-state index in [2.05, 4.69) is 5.32 Å². The van der Waals surface area contributed by atoms with Crippen LogP contribution < -0.4 is 5.32 Å². The van der Waals surface area contributed by atoms with E-state index in [4.69, 9.17) is 0 Å². The van der Waals surface area contributed by atoms with Gasteiger partial charge in [-0.3, -0.25) is 9.69 Å². The topological polar surface area (TPSA) is 69.7 Å². The van der Waals surface area contributed by atoms with Crippen LogP contribution in [0.15, 0.2) is 53.4 Å². The minimum atomic E-state index is -3.54. The van der Waals surface area contributed by atoms with Crippen molar-refractivity contribution >= 4 is 21.6 Å². The van der Waals surface area contributed by atoms with Crippen molar-refractivity contribution in [2.24, 2.45) is 0 Å².